The van der Waals surface area contributed by atoms with Gasteiger partial charge in [0.15, 0.2) is 0 Å². The van der Waals surface area contributed by atoms with Crippen LogP contribution in [0.3, 0.4) is 0 Å². The maximum atomic E-state index is 11.4. The topological polar surface area (TPSA) is 29.1 Å². The summed E-state index contributed by atoms with van der Waals surface area (Å²) in [5.74, 6) is 2.70. The van der Waals surface area contributed by atoms with E-state index in [1.54, 1.807) is 0 Å². The molecule has 0 amide bonds. The van der Waals surface area contributed by atoms with Gasteiger partial charge in [-0.05, 0) is 23.8 Å². The Balaban J connectivity index is 1.92. The highest BCUT2D eigenvalue weighted by Gasteiger charge is 2.19. The lowest BCUT2D eigenvalue weighted by molar-refractivity contribution is 0.528. The molecule has 17 heavy (non-hydrogen) atoms. The standard InChI is InChI=1S/C13H19NOS2/c1-2-17(15)10-8-14-12-7-9-16-13-6-4-3-5-11(12)13/h3-6,12,14H,2,7-10H2,1H3. The van der Waals surface area contributed by atoms with E-state index in [0.29, 0.717) is 6.04 Å². The molecule has 0 fully saturated rings. The minimum absolute atomic E-state index is 0.446. The van der Waals surface area contributed by atoms with E-state index < -0.39 is 10.8 Å². The molecule has 1 aromatic carbocycles. The van der Waals surface area contributed by atoms with Crippen molar-refractivity contribution >= 4 is 22.6 Å². The number of hydrogen-bond donors (Lipinski definition) is 1. The Kier molecular flexibility index (Phi) is 5.07. The lowest BCUT2D eigenvalue weighted by Gasteiger charge is -2.25. The molecule has 94 valence electrons. The van der Waals surface area contributed by atoms with Crippen LogP contribution in [0.2, 0.25) is 0 Å². The Morgan fingerprint density at radius 1 is 1.47 bits per heavy atom. The van der Waals surface area contributed by atoms with Crippen molar-refractivity contribution in [3.8, 4) is 0 Å². The molecule has 1 heterocycles. The van der Waals surface area contributed by atoms with Crippen LogP contribution >= 0.6 is 11.8 Å². The largest absolute Gasteiger partial charge is 0.309 e. The molecule has 0 aromatic heterocycles. The summed E-state index contributed by atoms with van der Waals surface area (Å²) in [5.41, 5.74) is 1.41. The van der Waals surface area contributed by atoms with Gasteiger partial charge in [0.25, 0.3) is 0 Å². The third-order valence-corrected chi connectivity index (χ3v) is 5.43. The van der Waals surface area contributed by atoms with E-state index in [1.807, 2.05) is 18.7 Å². The van der Waals surface area contributed by atoms with Crippen LogP contribution in [0, 0.1) is 0 Å². The van der Waals surface area contributed by atoms with E-state index in [4.69, 9.17) is 0 Å². The minimum atomic E-state index is -0.657. The number of fused-ring (bicyclic) bond motifs is 1. The normalized spacial score (nSPS) is 20.9. The molecule has 0 spiro atoms. The van der Waals surface area contributed by atoms with Crippen LogP contribution in [0.5, 0.6) is 0 Å². The van der Waals surface area contributed by atoms with Crippen molar-refractivity contribution in [1.82, 2.24) is 5.32 Å². The Morgan fingerprint density at radius 3 is 3.12 bits per heavy atom. The van der Waals surface area contributed by atoms with Gasteiger partial charge in [0.05, 0.1) is 0 Å². The van der Waals surface area contributed by atoms with Gasteiger partial charge in [-0.2, -0.15) is 0 Å². The van der Waals surface area contributed by atoms with Gasteiger partial charge in [-0.25, -0.2) is 0 Å². The second-order valence-electron chi connectivity index (χ2n) is 4.11. The molecule has 1 aliphatic heterocycles. The van der Waals surface area contributed by atoms with Crippen molar-refractivity contribution in [2.75, 3.05) is 23.8 Å². The van der Waals surface area contributed by atoms with Crippen molar-refractivity contribution in [3.63, 3.8) is 0 Å². The van der Waals surface area contributed by atoms with Gasteiger partial charge in [-0.1, -0.05) is 25.1 Å². The van der Waals surface area contributed by atoms with Gasteiger partial charge >= 0.3 is 0 Å². The first-order chi connectivity index (χ1) is 8.31. The van der Waals surface area contributed by atoms with Gasteiger partial charge in [0.1, 0.15) is 0 Å². The summed E-state index contributed by atoms with van der Waals surface area (Å²) >= 11 is 1.94. The van der Waals surface area contributed by atoms with E-state index in [-0.39, 0.29) is 0 Å². The summed E-state index contributed by atoms with van der Waals surface area (Å²) < 4.78 is 11.4. The van der Waals surface area contributed by atoms with Gasteiger partial charge in [-0.3, -0.25) is 4.21 Å². The van der Waals surface area contributed by atoms with Gasteiger partial charge in [0, 0.05) is 39.8 Å². The highest BCUT2D eigenvalue weighted by Crippen LogP contribution is 2.35. The molecule has 1 aliphatic rings. The van der Waals surface area contributed by atoms with Crippen LogP contribution in [0.4, 0.5) is 0 Å². The zero-order chi connectivity index (χ0) is 12.1. The van der Waals surface area contributed by atoms with Crippen molar-refractivity contribution in [2.24, 2.45) is 0 Å². The fourth-order valence-corrected chi connectivity index (χ4v) is 3.80. The number of benzene rings is 1. The summed E-state index contributed by atoms with van der Waals surface area (Å²) in [6.07, 6.45) is 1.17. The first-order valence-corrected chi connectivity index (χ1v) is 8.58. The zero-order valence-electron chi connectivity index (χ0n) is 10.1. The first-order valence-electron chi connectivity index (χ1n) is 6.11. The number of thioether (sulfide) groups is 1. The second-order valence-corrected chi connectivity index (χ2v) is 7.12. The molecule has 0 saturated carbocycles. The van der Waals surface area contributed by atoms with Crippen molar-refractivity contribution in [2.45, 2.75) is 24.3 Å². The first kappa shape index (κ1) is 13.1. The summed E-state index contributed by atoms with van der Waals surface area (Å²) in [6.45, 7) is 2.83. The number of hydrogen-bond acceptors (Lipinski definition) is 3. The molecule has 2 unspecified atom stereocenters. The Bertz CT molecular complexity index is 395. The molecule has 0 saturated heterocycles. The third kappa shape index (κ3) is 3.57. The molecule has 2 atom stereocenters. The molecule has 0 aliphatic carbocycles. The van der Waals surface area contributed by atoms with Crippen LogP contribution in [-0.2, 0) is 10.8 Å². The molecule has 0 bridgehead atoms. The quantitative estimate of drug-likeness (QED) is 0.891. The molecule has 1 N–H and O–H groups in total. The van der Waals surface area contributed by atoms with Gasteiger partial charge in [-0.15, -0.1) is 11.8 Å². The van der Waals surface area contributed by atoms with Crippen LogP contribution in [0.15, 0.2) is 29.2 Å². The fraction of sp³-hybridized carbons (Fsp3) is 0.538. The molecule has 4 heteroatoms. The molecule has 2 nitrogen and oxygen atoms in total. The van der Waals surface area contributed by atoms with Gasteiger partial charge in [0.2, 0.25) is 0 Å². The maximum absolute atomic E-state index is 11.4. The highest BCUT2D eigenvalue weighted by atomic mass is 32.2. The predicted molar refractivity (Wildman–Crippen MR) is 76.1 cm³/mol. The van der Waals surface area contributed by atoms with E-state index in [2.05, 4.69) is 29.6 Å². The highest BCUT2D eigenvalue weighted by molar-refractivity contribution is 7.99. The Hall–Kier alpha value is -0.320. The van der Waals surface area contributed by atoms with E-state index in [0.717, 1.165) is 18.1 Å². The molecule has 0 radical (unpaired) electrons. The summed E-state index contributed by atoms with van der Waals surface area (Å²) in [4.78, 5) is 1.40. The predicted octanol–water partition coefficient (Wildman–Crippen LogP) is 2.58. The fourth-order valence-electron chi connectivity index (χ4n) is 2.05. The average molecular weight is 269 g/mol. The van der Waals surface area contributed by atoms with Crippen molar-refractivity contribution in [1.29, 1.82) is 0 Å². The second kappa shape index (κ2) is 6.57. The van der Waals surface area contributed by atoms with E-state index in [9.17, 15) is 4.21 Å². The molecule has 1 aromatic rings. The van der Waals surface area contributed by atoms with E-state index in [1.165, 1.54) is 22.6 Å². The zero-order valence-corrected chi connectivity index (χ0v) is 11.8. The van der Waals surface area contributed by atoms with Crippen LogP contribution in [-0.4, -0.2) is 28.0 Å². The molecular formula is C13H19NOS2. The minimum Gasteiger partial charge on any atom is -0.309 e. The number of rotatable bonds is 5. The number of nitrogens with one attached hydrogen (secondary N) is 1. The Labute approximate surface area is 110 Å². The summed E-state index contributed by atoms with van der Waals surface area (Å²) in [5, 5.41) is 3.54. The lowest BCUT2D eigenvalue weighted by Crippen LogP contribution is -2.28. The smallest absolute Gasteiger partial charge is 0.0360 e. The van der Waals surface area contributed by atoms with Crippen LogP contribution in [0.25, 0.3) is 0 Å². The summed E-state index contributed by atoms with van der Waals surface area (Å²) in [7, 11) is -0.657. The molecule has 2 rings (SSSR count). The van der Waals surface area contributed by atoms with Crippen LogP contribution in [0.1, 0.15) is 24.9 Å². The SMILES string of the molecule is CCS(=O)CCNC1CCSc2ccccc21. The van der Waals surface area contributed by atoms with Crippen LogP contribution < -0.4 is 5.32 Å². The van der Waals surface area contributed by atoms with Gasteiger partial charge < -0.3 is 5.32 Å². The average Bonchev–Trinajstić information content (AvgIpc) is 2.39. The third-order valence-electron chi connectivity index (χ3n) is 3.00. The lowest BCUT2D eigenvalue weighted by atomic mass is 10.0. The van der Waals surface area contributed by atoms with E-state index >= 15 is 0 Å². The Morgan fingerprint density at radius 2 is 2.29 bits per heavy atom. The van der Waals surface area contributed by atoms with Crippen molar-refractivity contribution < 1.29 is 4.21 Å². The summed E-state index contributed by atoms with van der Waals surface area (Å²) in [6, 6.07) is 9.04. The maximum Gasteiger partial charge on any atom is 0.0360 e. The monoisotopic (exact) mass is 269 g/mol. The molecular weight excluding hydrogens is 250 g/mol. The van der Waals surface area contributed by atoms with Crippen molar-refractivity contribution in [3.05, 3.63) is 29.8 Å².